The number of benzene rings is 1. The zero-order valence-electron chi connectivity index (χ0n) is 13.4. The van der Waals surface area contributed by atoms with E-state index in [0.717, 1.165) is 12.8 Å². The van der Waals surface area contributed by atoms with Crippen molar-refractivity contribution in [3.05, 3.63) is 47.2 Å². The molecule has 0 radical (unpaired) electrons. The number of aliphatic hydroxyl groups is 1. The highest BCUT2D eigenvalue weighted by Gasteiger charge is 2.36. The van der Waals surface area contributed by atoms with Crippen molar-refractivity contribution in [1.29, 1.82) is 0 Å². The molecular weight excluding hydrogens is 330 g/mol. The summed E-state index contributed by atoms with van der Waals surface area (Å²) in [6.07, 6.45) is 3.84. The molecule has 0 saturated heterocycles. The molecule has 0 unspecified atom stereocenters. The molecule has 128 valence electrons. The minimum Gasteiger partial charge on any atom is -0.488 e. The Morgan fingerprint density at radius 1 is 1.42 bits per heavy atom. The van der Waals surface area contributed by atoms with Crippen LogP contribution in [0.2, 0.25) is 5.02 Å². The van der Waals surface area contributed by atoms with Crippen molar-refractivity contribution in [2.24, 2.45) is 13.0 Å². The lowest BCUT2D eigenvalue weighted by Crippen LogP contribution is -2.37. The third kappa shape index (κ3) is 3.88. The quantitative estimate of drug-likeness (QED) is 0.866. The molecule has 6 nitrogen and oxygen atoms in total. The predicted octanol–water partition coefficient (Wildman–Crippen LogP) is 2.02. The first-order valence-corrected chi connectivity index (χ1v) is 8.28. The fourth-order valence-electron chi connectivity index (χ4n) is 2.93. The molecule has 1 aromatic heterocycles. The number of nitrogens with one attached hydrogen (secondary N) is 1. The van der Waals surface area contributed by atoms with Crippen LogP contribution in [0.25, 0.3) is 0 Å². The topological polar surface area (TPSA) is 76.4 Å². The Balaban J connectivity index is 1.51. The minimum absolute atomic E-state index is 0.0251. The molecule has 1 saturated carbocycles. The summed E-state index contributed by atoms with van der Waals surface area (Å²) in [5.41, 5.74) is 0.513. The van der Waals surface area contributed by atoms with Crippen LogP contribution in [-0.4, -0.2) is 39.5 Å². The molecule has 1 aliphatic carbocycles. The molecule has 1 amide bonds. The molecule has 0 aliphatic heterocycles. The second-order valence-electron chi connectivity index (χ2n) is 6.05. The zero-order valence-corrected chi connectivity index (χ0v) is 14.1. The third-order valence-electron chi connectivity index (χ3n) is 4.28. The summed E-state index contributed by atoms with van der Waals surface area (Å²) in [5, 5.41) is 17.9. The molecular formula is C17H20ClN3O3. The van der Waals surface area contributed by atoms with Gasteiger partial charge < -0.3 is 15.2 Å². The standard InChI is InChI=1S/C17H20ClN3O3/c1-21-10-12(9-20-21)17(23)19-8-11-2-7-15(16(11)22)24-14-5-3-13(18)4-6-14/h3-6,9-11,15-16,22H,2,7-8H2,1H3,(H,19,23)/t11-,15-,16-/m1/s1. The smallest absolute Gasteiger partial charge is 0.254 e. The average molecular weight is 350 g/mol. The number of carbonyl (C=O) groups is 1. The molecule has 24 heavy (non-hydrogen) atoms. The Hall–Kier alpha value is -2.05. The first kappa shape index (κ1) is 16.8. The van der Waals surface area contributed by atoms with E-state index >= 15 is 0 Å². The van der Waals surface area contributed by atoms with Crippen LogP contribution in [0.4, 0.5) is 0 Å². The molecule has 1 aliphatic rings. The summed E-state index contributed by atoms with van der Waals surface area (Å²) >= 11 is 5.85. The number of amides is 1. The zero-order chi connectivity index (χ0) is 17.1. The molecule has 2 N–H and O–H groups in total. The Kier molecular flexibility index (Phi) is 5.06. The number of ether oxygens (including phenoxy) is 1. The molecule has 3 atom stereocenters. The van der Waals surface area contributed by atoms with E-state index in [1.54, 1.807) is 42.2 Å². The number of aliphatic hydroxyl groups excluding tert-OH is 1. The number of aryl methyl sites for hydroxylation is 1. The summed E-state index contributed by atoms with van der Waals surface area (Å²) in [4.78, 5) is 12.0. The van der Waals surface area contributed by atoms with Gasteiger partial charge in [0.25, 0.3) is 5.91 Å². The van der Waals surface area contributed by atoms with Gasteiger partial charge in [-0.05, 0) is 37.1 Å². The molecule has 2 aromatic rings. The summed E-state index contributed by atoms with van der Waals surface area (Å²) in [6, 6.07) is 7.08. The van der Waals surface area contributed by atoms with E-state index in [1.807, 2.05) is 0 Å². The van der Waals surface area contributed by atoms with Crippen molar-refractivity contribution in [2.75, 3.05) is 6.54 Å². The highest BCUT2D eigenvalue weighted by Crippen LogP contribution is 2.30. The van der Waals surface area contributed by atoms with Gasteiger partial charge in [-0.25, -0.2) is 0 Å². The van der Waals surface area contributed by atoms with Gasteiger partial charge in [0.15, 0.2) is 0 Å². The van der Waals surface area contributed by atoms with Crippen molar-refractivity contribution < 1.29 is 14.6 Å². The number of aromatic nitrogens is 2. The number of halogens is 1. The largest absolute Gasteiger partial charge is 0.488 e. The normalized spacial score (nSPS) is 23.2. The van der Waals surface area contributed by atoms with E-state index < -0.39 is 6.10 Å². The number of nitrogens with zero attached hydrogens (tertiary/aromatic N) is 2. The number of rotatable bonds is 5. The number of hydrogen-bond acceptors (Lipinski definition) is 4. The van der Waals surface area contributed by atoms with Crippen LogP contribution in [0.5, 0.6) is 5.75 Å². The number of hydrogen-bond donors (Lipinski definition) is 2. The molecule has 0 spiro atoms. The van der Waals surface area contributed by atoms with Crippen LogP contribution >= 0.6 is 11.6 Å². The molecule has 3 rings (SSSR count). The molecule has 1 heterocycles. The van der Waals surface area contributed by atoms with E-state index in [4.69, 9.17) is 16.3 Å². The highest BCUT2D eigenvalue weighted by atomic mass is 35.5. The summed E-state index contributed by atoms with van der Waals surface area (Å²) in [7, 11) is 1.76. The van der Waals surface area contributed by atoms with Crippen molar-refractivity contribution >= 4 is 17.5 Å². The SMILES string of the molecule is Cn1cc(C(=O)NC[C@H]2CC[C@@H](Oc3ccc(Cl)cc3)[C@@H]2O)cn1. The fraction of sp³-hybridized carbons (Fsp3) is 0.412. The molecule has 7 heteroatoms. The van der Waals surface area contributed by atoms with Crippen LogP contribution in [-0.2, 0) is 7.05 Å². The monoisotopic (exact) mass is 349 g/mol. The lowest BCUT2D eigenvalue weighted by atomic mass is 10.1. The fourth-order valence-corrected chi connectivity index (χ4v) is 3.05. The maximum atomic E-state index is 12.0. The van der Waals surface area contributed by atoms with Crippen LogP contribution in [0.3, 0.4) is 0 Å². The lowest BCUT2D eigenvalue weighted by Gasteiger charge is -2.21. The second kappa shape index (κ2) is 7.23. The van der Waals surface area contributed by atoms with Gasteiger partial charge in [-0.3, -0.25) is 9.48 Å². The van der Waals surface area contributed by atoms with Crippen LogP contribution < -0.4 is 10.1 Å². The Labute approximate surface area is 145 Å². The van der Waals surface area contributed by atoms with E-state index in [2.05, 4.69) is 10.4 Å². The van der Waals surface area contributed by atoms with Crippen LogP contribution in [0.15, 0.2) is 36.7 Å². The van der Waals surface area contributed by atoms with Gasteiger partial charge in [0.2, 0.25) is 0 Å². The maximum absolute atomic E-state index is 12.0. The van der Waals surface area contributed by atoms with Gasteiger partial charge in [0.05, 0.1) is 17.9 Å². The molecule has 0 bridgehead atoms. The van der Waals surface area contributed by atoms with Gasteiger partial charge >= 0.3 is 0 Å². The van der Waals surface area contributed by atoms with Gasteiger partial charge in [-0.15, -0.1) is 0 Å². The molecule has 1 fully saturated rings. The molecule has 1 aromatic carbocycles. The van der Waals surface area contributed by atoms with Gasteiger partial charge in [0, 0.05) is 30.7 Å². The third-order valence-corrected chi connectivity index (χ3v) is 4.53. The van der Waals surface area contributed by atoms with Gasteiger partial charge in [0.1, 0.15) is 11.9 Å². The summed E-state index contributed by atoms with van der Waals surface area (Å²) in [6.45, 7) is 0.412. The van der Waals surface area contributed by atoms with Gasteiger partial charge in [-0.2, -0.15) is 5.10 Å². The second-order valence-corrected chi connectivity index (χ2v) is 6.49. The predicted molar refractivity (Wildman–Crippen MR) is 90.1 cm³/mol. The Morgan fingerprint density at radius 2 is 2.17 bits per heavy atom. The Morgan fingerprint density at radius 3 is 2.83 bits per heavy atom. The first-order chi connectivity index (χ1) is 11.5. The highest BCUT2D eigenvalue weighted by molar-refractivity contribution is 6.30. The van der Waals surface area contributed by atoms with Crippen molar-refractivity contribution in [3.8, 4) is 5.75 Å². The van der Waals surface area contributed by atoms with Gasteiger partial charge in [-0.1, -0.05) is 11.6 Å². The van der Waals surface area contributed by atoms with Crippen LogP contribution in [0, 0.1) is 5.92 Å². The van der Waals surface area contributed by atoms with Crippen molar-refractivity contribution in [3.63, 3.8) is 0 Å². The van der Waals surface area contributed by atoms with Crippen molar-refractivity contribution in [1.82, 2.24) is 15.1 Å². The van der Waals surface area contributed by atoms with Crippen molar-refractivity contribution in [2.45, 2.75) is 25.0 Å². The van der Waals surface area contributed by atoms with E-state index in [1.165, 1.54) is 6.20 Å². The van der Waals surface area contributed by atoms with E-state index in [0.29, 0.717) is 22.9 Å². The maximum Gasteiger partial charge on any atom is 0.254 e. The lowest BCUT2D eigenvalue weighted by molar-refractivity contribution is 0.0348. The van der Waals surface area contributed by atoms with E-state index in [9.17, 15) is 9.90 Å². The van der Waals surface area contributed by atoms with E-state index in [-0.39, 0.29) is 17.9 Å². The first-order valence-electron chi connectivity index (χ1n) is 7.90. The summed E-state index contributed by atoms with van der Waals surface area (Å²) in [5.74, 6) is 0.476. The number of carbonyl (C=O) groups excluding carboxylic acids is 1. The van der Waals surface area contributed by atoms with Crippen LogP contribution in [0.1, 0.15) is 23.2 Å². The Bertz CT molecular complexity index is 701. The average Bonchev–Trinajstić information content (AvgIpc) is 3.15. The minimum atomic E-state index is -0.616. The summed E-state index contributed by atoms with van der Waals surface area (Å²) < 4.78 is 7.41.